The summed E-state index contributed by atoms with van der Waals surface area (Å²) in [6.45, 7) is 7.36. The summed E-state index contributed by atoms with van der Waals surface area (Å²) in [6.07, 6.45) is 3.46. The third-order valence-electron chi connectivity index (χ3n) is 4.52. The minimum Gasteiger partial charge on any atom is -0.305 e. The van der Waals surface area contributed by atoms with Crippen LogP contribution in [-0.4, -0.2) is 34.1 Å². The normalized spacial score (nSPS) is 15.0. The van der Waals surface area contributed by atoms with Crippen LogP contribution >= 0.6 is 0 Å². The van der Waals surface area contributed by atoms with Crippen LogP contribution in [0.3, 0.4) is 0 Å². The SMILES string of the molecule is CCc1[nH]nc(NC(=O)c2ccc(CN3CCCC3)cc2)c1C. The van der Waals surface area contributed by atoms with Crippen molar-refractivity contribution in [3.63, 3.8) is 0 Å². The average molecular weight is 312 g/mol. The molecule has 0 unspecified atom stereocenters. The van der Waals surface area contributed by atoms with Gasteiger partial charge in [-0.1, -0.05) is 19.1 Å². The summed E-state index contributed by atoms with van der Waals surface area (Å²) < 4.78 is 0. The van der Waals surface area contributed by atoms with E-state index in [1.807, 2.05) is 31.2 Å². The second-order valence-electron chi connectivity index (χ2n) is 6.16. The minimum atomic E-state index is -0.116. The van der Waals surface area contributed by atoms with Crippen LogP contribution in [0.5, 0.6) is 0 Å². The van der Waals surface area contributed by atoms with Gasteiger partial charge in [-0.05, 0) is 57.0 Å². The summed E-state index contributed by atoms with van der Waals surface area (Å²) in [6, 6.07) is 7.87. The first-order valence-electron chi connectivity index (χ1n) is 8.34. The van der Waals surface area contributed by atoms with Gasteiger partial charge in [0.1, 0.15) is 0 Å². The number of anilines is 1. The lowest BCUT2D eigenvalue weighted by molar-refractivity contribution is 0.102. The van der Waals surface area contributed by atoms with Crippen molar-refractivity contribution in [2.45, 2.75) is 39.7 Å². The van der Waals surface area contributed by atoms with E-state index in [1.54, 1.807) is 0 Å². The van der Waals surface area contributed by atoms with Gasteiger partial charge in [-0.2, -0.15) is 5.10 Å². The predicted octanol–water partition coefficient (Wildman–Crippen LogP) is 3.13. The summed E-state index contributed by atoms with van der Waals surface area (Å²) in [5.74, 6) is 0.503. The van der Waals surface area contributed by atoms with Gasteiger partial charge in [0, 0.05) is 23.4 Å². The van der Waals surface area contributed by atoms with Crippen molar-refractivity contribution in [2.24, 2.45) is 0 Å². The third kappa shape index (κ3) is 3.62. The lowest BCUT2D eigenvalue weighted by Gasteiger charge is -2.14. The summed E-state index contributed by atoms with van der Waals surface area (Å²) in [4.78, 5) is 14.8. The summed E-state index contributed by atoms with van der Waals surface area (Å²) in [5.41, 5.74) is 3.98. The maximum atomic E-state index is 12.3. The zero-order valence-electron chi connectivity index (χ0n) is 13.9. The Morgan fingerprint density at radius 3 is 2.57 bits per heavy atom. The van der Waals surface area contributed by atoms with Crippen molar-refractivity contribution in [1.29, 1.82) is 0 Å². The number of likely N-dealkylation sites (tertiary alicyclic amines) is 1. The number of nitrogens with zero attached hydrogens (tertiary/aromatic N) is 2. The largest absolute Gasteiger partial charge is 0.305 e. The van der Waals surface area contributed by atoms with Crippen molar-refractivity contribution in [3.05, 3.63) is 46.6 Å². The van der Waals surface area contributed by atoms with Gasteiger partial charge in [-0.15, -0.1) is 0 Å². The minimum absolute atomic E-state index is 0.116. The number of hydrogen-bond donors (Lipinski definition) is 2. The second-order valence-corrected chi connectivity index (χ2v) is 6.16. The third-order valence-corrected chi connectivity index (χ3v) is 4.52. The molecule has 0 spiro atoms. The number of carbonyl (C=O) groups excluding carboxylic acids is 1. The number of H-pyrrole nitrogens is 1. The maximum absolute atomic E-state index is 12.3. The number of aryl methyl sites for hydroxylation is 1. The number of nitrogens with one attached hydrogen (secondary N) is 2. The zero-order chi connectivity index (χ0) is 16.2. The highest BCUT2D eigenvalue weighted by molar-refractivity contribution is 6.04. The molecule has 1 aromatic carbocycles. The van der Waals surface area contributed by atoms with E-state index in [9.17, 15) is 4.79 Å². The van der Waals surface area contributed by atoms with Crippen LogP contribution in [0.2, 0.25) is 0 Å². The predicted molar refractivity (Wildman–Crippen MR) is 91.6 cm³/mol. The van der Waals surface area contributed by atoms with E-state index in [4.69, 9.17) is 0 Å². The van der Waals surface area contributed by atoms with Crippen molar-refractivity contribution in [1.82, 2.24) is 15.1 Å². The van der Waals surface area contributed by atoms with Crippen molar-refractivity contribution in [3.8, 4) is 0 Å². The van der Waals surface area contributed by atoms with Crippen LogP contribution < -0.4 is 5.32 Å². The Hall–Kier alpha value is -2.14. The quantitative estimate of drug-likeness (QED) is 0.891. The Morgan fingerprint density at radius 1 is 1.26 bits per heavy atom. The molecule has 1 fully saturated rings. The molecule has 0 bridgehead atoms. The van der Waals surface area contributed by atoms with E-state index in [2.05, 4.69) is 27.3 Å². The molecule has 2 N–H and O–H groups in total. The molecule has 0 atom stereocenters. The molecule has 0 aliphatic carbocycles. The molecular weight excluding hydrogens is 288 g/mol. The Labute approximate surface area is 137 Å². The van der Waals surface area contributed by atoms with Crippen LogP contribution in [0.25, 0.3) is 0 Å². The number of amides is 1. The van der Waals surface area contributed by atoms with E-state index >= 15 is 0 Å². The molecule has 1 aliphatic rings. The van der Waals surface area contributed by atoms with Gasteiger partial charge in [-0.25, -0.2) is 0 Å². The molecule has 1 saturated heterocycles. The Morgan fingerprint density at radius 2 is 1.96 bits per heavy atom. The molecule has 1 aliphatic heterocycles. The Bertz CT molecular complexity index is 669. The molecule has 5 nitrogen and oxygen atoms in total. The number of aromatic nitrogens is 2. The Balaban J connectivity index is 1.63. The Kier molecular flexibility index (Phi) is 4.76. The molecule has 0 radical (unpaired) electrons. The first-order valence-corrected chi connectivity index (χ1v) is 8.34. The van der Waals surface area contributed by atoms with Crippen LogP contribution in [0.1, 0.15) is 46.9 Å². The van der Waals surface area contributed by atoms with Crippen molar-refractivity contribution >= 4 is 11.7 Å². The van der Waals surface area contributed by atoms with Crippen molar-refractivity contribution < 1.29 is 4.79 Å². The standard InChI is InChI=1S/C18H24N4O/c1-3-16-13(2)17(21-20-16)19-18(23)15-8-6-14(7-9-15)12-22-10-4-5-11-22/h6-9H,3-5,10-12H2,1-2H3,(H2,19,20,21,23). The van der Waals surface area contributed by atoms with Crippen LogP contribution in [0.15, 0.2) is 24.3 Å². The van der Waals surface area contributed by atoms with Gasteiger partial charge in [0.25, 0.3) is 5.91 Å². The first-order chi connectivity index (χ1) is 11.2. The van der Waals surface area contributed by atoms with E-state index in [0.29, 0.717) is 11.4 Å². The number of carbonyl (C=O) groups is 1. The number of rotatable bonds is 5. The molecule has 122 valence electrons. The van der Waals surface area contributed by atoms with Gasteiger partial charge in [0.05, 0.1) is 0 Å². The number of benzene rings is 1. The number of aromatic amines is 1. The van der Waals surface area contributed by atoms with Gasteiger partial charge in [-0.3, -0.25) is 14.8 Å². The second kappa shape index (κ2) is 6.96. The van der Waals surface area contributed by atoms with Gasteiger partial charge in [0.2, 0.25) is 0 Å². The van der Waals surface area contributed by atoms with E-state index in [0.717, 1.165) is 24.2 Å². The molecule has 1 aromatic heterocycles. The topological polar surface area (TPSA) is 61.0 Å². The summed E-state index contributed by atoms with van der Waals surface area (Å²) in [7, 11) is 0. The molecular formula is C18H24N4O. The monoisotopic (exact) mass is 312 g/mol. The van der Waals surface area contributed by atoms with Crippen molar-refractivity contribution in [2.75, 3.05) is 18.4 Å². The highest BCUT2D eigenvalue weighted by atomic mass is 16.1. The summed E-state index contributed by atoms with van der Waals surface area (Å²) >= 11 is 0. The van der Waals surface area contributed by atoms with Gasteiger partial charge < -0.3 is 5.32 Å². The van der Waals surface area contributed by atoms with Crippen LogP contribution in [-0.2, 0) is 13.0 Å². The van der Waals surface area contributed by atoms with Crippen LogP contribution in [0.4, 0.5) is 5.82 Å². The highest BCUT2D eigenvalue weighted by Crippen LogP contribution is 2.17. The molecule has 0 saturated carbocycles. The van der Waals surface area contributed by atoms with Gasteiger partial charge in [0.15, 0.2) is 5.82 Å². The fraction of sp³-hybridized carbons (Fsp3) is 0.444. The highest BCUT2D eigenvalue weighted by Gasteiger charge is 2.14. The van der Waals surface area contributed by atoms with Crippen LogP contribution in [0, 0.1) is 6.92 Å². The maximum Gasteiger partial charge on any atom is 0.256 e. The smallest absolute Gasteiger partial charge is 0.256 e. The van der Waals surface area contributed by atoms with E-state index in [-0.39, 0.29) is 5.91 Å². The average Bonchev–Trinajstić information content (AvgIpc) is 3.19. The molecule has 2 aromatic rings. The lowest BCUT2D eigenvalue weighted by Crippen LogP contribution is -2.18. The first kappa shape index (κ1) is 15.7. The summed E-state index contributed by atoms with van der Waals surface area (Å²) in [5, 5.41) is 10.0. The lowest BCUT2D eigenvalue weighted by atomic mass is 10.1. The van der Waals surface area contributed by atoms with E-state index < -0.39 is 0 Å². The van der Waals surface area contributed by atoms with Gasteiger partial charge >= 0.3 is 0 Å². The molecule has 5 heteroatoms. The van der Waals surface area contributed by atoms with E-state index in [1.165, 1.54) is 31.5 Å². The zero-order valence-corrected chi connectivity index (χ0v) is 13.9. The number of hydrogen-bond acceptors (Lipinski definition) is 3. The fourth-order valence-electron chi connectivity index (χ4n) is 3.04. The molecule has 2 heterocycles. The molecule has 23 heavy (non-hydrogen) atoms. The molecule has 1 amide bonds. The fourth-order valence-corrected chi connectivity index (χ4v) is 3.04. The molecule has 3 rings (SSSR count).